The second kappa shape index (κ2) is 10.9. The molecule has 6 heteroatoms. The minimum atomic E-state index is 0.0127. The fourth-order valence-corrected chi connectivity index (χ4v) is 6.02. The maximum Gasteiger partial charge on any atom is 0.251 e. The Morgan fingerprint density at radius 1 is 1.08 bits per heavy atom. The lowest BCUT2D eigenvalue weighted by atomic mass is 9.79. The van der Waals surface area contributed by atoms with Crippen molar-refractivity contribution in [3.63, 3.8) is 0 Å². The van der Waals surface area contributed by atoms with Gasteiger partial charge in [-0.05, 0) is 67.5 Å². The van der Waals surface area contributed by atoms with Gasteiger partial charge in [0.15, 0.2) is 0 Å². The van der Waals surface area contributed by atoms with E-state index in [0.29, 0.717) is 12.5 Å². The van der Waals surface area contributed by atoms with Crippen LogP contribution < -0.4 is 10.6 Å². The number of likely N-dealkylation sites (N-methyl/N-ethyl adjacent to an activating group) is 1. The molecule has 3 unspecified atom stereocenters. The summed E-state index contributed by atoms with van der Waals surface area (Å²) in [6, 6.07) is 21.9. The maximum atomic E-state index is 13.1. The molecule has 0 saturated carbocycles. The summed E-state index contributed by atoms with van der Waals surface area (Å²) in [5.74, 6) is 0.458. The van der Waals surface area contributed by atoms with Crippen molar-refractivity contribution in [1.82, 2.24) is 19.7 Å². The zero-order valence-corrected chi connectivity index (χ0v) is 21.8. The number of nitrogens with zero attached hydrogens (tertiary/aromatic N) is 3. The van der Waals surface area contributed by atoms with Crippen molar-refractivity contribution in [1.29, 1.82) is 0 Å². The molecule has 3 atom stereocenters. The molecule has 5 rings (SSSR count). The number of benzene rings is 2. The van der Waals surface area contributed by atoms with Gasteiger partial charge < -0.3 is 20.1 Å². The van der Waals surface area contributed by atoms with Crippen LogP contribution in [0.4, 0.5) is 5.69 Å². The Morgan fingerprint density at radius 2 is 1.89 bits per heavy atom. The zero-order valence-electron chi connectivity index (χ0n) is 21.8. The fourth-order valence-electron chi connectivity index (χ4n) is 6.02. The van der Waals surface area contributed by atoms with Crippen molar-refractivity contribution in [3.05, 3.63) is 89.2 Å². The van der Waals surface area contributed by atoms with Gasteiger partial charge in [-0.25, -0.2) is 0 Å². The highest BCUT2D eigenvalue weighted by atomic mass is 16.1. The lowest BCUT2D eigenvalue weighted by Crippen LogP contribution is -2.36. The van der Waals surface area contributed by atoms with Crippen LogP contribution >= 0.6 is 0 Å². The Bertz CT molecular complexity index is 1170. The van der Waals surface area contributed by atoms with Crippen LogP contribution in [0.25, 0.3) is 0 Å². The largest absolute Gasteiger partial charge is 0.378 e. The summed E-state index contributed by atoms with van der Waals surface area (Å²) in [5, 5.41) is 6.98. The number of likely N-dealkylation sites (tertiary alicyclic amines) is 1. The number of nitrogens with one attached hydrogen (secondary N) is 2. The highest BCUT2D eigenvalue weighted by Crippen LogP contribution is 2.51. The van der Waals surface area contributed by atoms with Gasteiger partial charge in [-0.1, -0.05) is 44.2 Å². The monoisotopic (exact) mass is 485 g/mol. The van der Waals surface area contributed by atoms with Crippen LogP contribution in [0.5, 0.6) is 0 Å². The van der Waals surface area contributed by atoms with Crippen LogP contribution in [-0.4, -0.2) is 53.0 Å². The molecule has 1 amide bonds. The topological polar surface area (TPSA) is 52.5 Å². The van der Waals surface area contributed by atoms with E-state index in [1.54, 1.807) is 0 Å². The summed E-state index contributed by atoms with van der Waals surface area (Å²) in [4.78, 5) is 18.0. The second-order valence-corrected chi connectivity index (χ2v) is 10.1. The van der Waals surface area contributed by atoms with Gasteiger partial charge in [-0.15, -0.1) is 0 Å². The summed E-state index contributed by atoms with van der Waals surface area (Å²) in [6.45, 7) is 9.81. The van der Waals surface area contributed by atoms with E-state index in [1.165, 1.54) is 16.8 Å². The number of amides is 1. The molecule has 36 heavy (non-hydrogen) atoms. The van der Waals surface area contributed by atoms with Crippen molar-refractivity contribution in [2.45, 2.75) is 38.9 Å². The lowest BCUT2D eigenvalue weighted by Gasteiger charge is -2.40. The molecule has 1 fully saturated rings. The van der Waals surface area contributed by atoms with Gasteiger partial charge in [-0.2, -0.15) is 0 Å². The maximum absolute atomic E-state index is 13.1. The van der Waals surface area contributed by atoms with Gasteiger partial charge in [-0.3, -0.25) is 9.69 Å². The first kappa shape index (κ1) is 24.6. The van der Waals surface area contributed by atoms with Gasteiger partial charge in [0.05, 0.1) is 6.04 Å². The average molecular weight is 486 g/mol. The minimum Gasteiger partial charge on any atom is -0.378 e. The summed E-state index contributed by atoms with van der Waals surface area (Å²) in [7, 11) is 2.12. The van der Waals surface area contributed by atoms with Gasteiger partial charge >= 0.3 is 0 Å². The van der Waals surface area contributed by atoms with Crippen LogP contribution in [0.2, 0.25) is 0 Å². The minimum absolute atomic E-state index is 0.0127. The van der Waals surface area contributed by atoms with E-state index in [9.17, 15) is 4.79 Å². The molecular formula is C30H39N5O. The Balaban J connectivity index is 1.43. The lowest BCUT2D eigenvalue weighted by molar-refractivity contribution is 0.0948. The Labute approximate surface area is 215 Å². The highest BCUT2D eigenvalue weighted by Gasteiger charge is 2.44. The number of hydrogen-bond donors (Lipinski definition) is 2. The highest BCUT2D eigenvalue weighted by molar-refractivity contribution is 5.95. The van der Waals surface area contributed by atoms with Crippen molar-refractivity contribution in [2.75, 3.05) is 38.0 Å². The molecule has 2 N–H and O–H groups in total. The Kier molecular flexibility index (Phi) is 7.44. The molecule has 190 valence electrons. The summed E-state index contributed by atoms with van der Waals surface area (Å²) < 4.78 is 2.21. The number of carbonyl (C=O) groups excluding carboxylic acids is 1. The SMILES string of the molecule is CCN(CC)CCNC(=O)c1ccc2c(c1)C1C(CCN1Cc1cccn1C)C(c1ccccc1)N2. The van der Waals surface area contributed by atoms with E-state index in [1.807, 2.05) is 6.07 Å². The molecule has 1 saturated heterocycles. The van der Waals surface area contributed by atoms with Gasteiger partial charge in [0.2, 0.25) is 0 Å². The number of hydrogen-bond acceptors (Lipinski definition) is 4. The zero-order chi connectivity index (χ0) is 25.1. The Morgan fingerprint density at radius 3 is 2.61 bits per heavy atom. The predicted octanol–water partition coefficient (Wildman–Crippen LogP) is 4.83. The van der Waals surface area contributed by atoms with Crippen LogP contribution in [0, 0.1) is 5.92 Å². The third-order valence-electron chi connectivity index (χ3n) is 8.10. The normalized spacial score (nSPS) is 21.2. The van der Waals surface area contributed by atoms with E-state index in [2.05, 4.69) is 107 Å². The van der Waals surface area contributed by atoms with Crippen LogP contribution in [0.15, 0.2) is 66.9 Å². The quantitative estimate of drug-likeness (QED) is 0.456. The number of anilines is 1. The number of fused-ring (bicyclic) bond motifs is 3. The number of aryl methyl sites for hydroxylation is 1. The van der Waals surface area contributed by atoms with Crippen LogP contribution in [0.3, 0.4) is 0 Å². The van der Waals surface area contributed by atoms with Crippen molar-refractivity contribution in [2.24, 2.45) is 13.0 Å². The molecule has 0 radical (unpaired) electrons. The third-order valence-corrected chi connectivity index (χ3v) is 8.10. The molecule has 2 aliphatic heterocycles. The molecule has 1 aromatic heterocycles. The van der Waals surface area contributed by atoms with Crippen molar-refractivity contribution >= 4 is 11.6 Å². The average Bonchev–Trinajstić information content (AvgIpc) is 3.52. The first-order chi connectivity index (χ1) is 17.6. The third kappa shape index (κ3) is 4.93. The summed E-state index contributed by atoms with van der Waals surface area (Å²) in [5.41, 5.74) is 5.78. The summed E-state index contributed by atoms with van der Waals surface area (Å²) >= 11 is 0. The molecule has 3 heterocycles. The van der Waals surface area contributed by atoms with E-state index in [4.69, 9.17) is 0 Å². The molecule has 0 bridgehead atoms. The smallest absolute Gasteiger partial charge is 0.251 e. The molecule has 0 spiro atoms. The van der Waals surface area contributed by atoms with Gasteiger partial charge in [0.25, 0.3) is 5.91 Å². The molecule has 3 aromatic rings. The summed E-state index contributed by atoms with van der Waals surface area (Å²) in [6.07, 6.45) is 3.24. The van der Waals surface area contributed by atoms with Crippen molar-refractivity contribution < 1.29 is 4.79 Å². The standard InChI is InChI=1S/C30H39N5O/c1-4-34(5-2)19-16-31-30(36)23-13-14-27-26(20-23)29-25(28(32-27)22-10-7-6-8-11-22)15-18-35(29)21-24-12-9-17-33(24)3/h6-14,17,20,25,28-29,32H,4-5,15-16,18-19,21H2,1-3H3,(H,31,36). The predicted molar refractivity (Wildman–Crippen MR) is 146 cm³/mol. The van der Waals surface area contributed by atoms with Crippen molar-refractivity contribution in [3.8, 4) is 0 Å². The van der Waals surface area contributed by atoms with Gasteiger partial charge in [0, 0.05) is 61.8 Å². The number of carbonyl (C=O) groups is 1. The number of aromatic nitrogens is 1. The number of rotatable bonds is 9. The fraction of sp³-hybridized carbons (Fsp3) is 0.433. The van der Waals surface area contributed by atoms with E-state index >= 15 is 0 Å². The first-order valence-corrected chi connectivity index (χ1v) is 13.4. The molecule has 6 nitrogen and oxygen atoms in total. The van der Waals surface area contributed by atoms with E-state index < -0.39 is 0 Å². The van der Waals surface area contributed by atoms with Crippen LogP contribution in [0.1, 0.15) is 59.5 Å². The first-order valence-electron chi connectivity index (χ1n) is 13.4. The van der Waals surface area contributed by atoms with Gasteiger partial charge in [0.1, 0.15) is 0 Å². The molecule has 2 aromatic carbocycles. The van der Waals surface area contributed by atoms with E-state index in [0.717, 1.165) is 50.4 Å². The second-order valence-electron chi connectivity index (χ2n) is 10.1. The Hall–Kier alpha value is -3.09. The molecule has 2 aliphatic rings. The van der Waals surface area contributed by atoms with E-state index in [-0.39, 0.29) is 18.0 Å². The van der Waals surface area contributed by atoms with Crippen LogP contribution in [-0.2, 0) is 13.6 Å². The molecule has 0 aliphatic carbocycles. The molecular weight excluding hydrogens is 446 g/mol.